The molecule has 0 bridgehead atoms. The van der Waals surface area contributed by atoms with E-state index in [1.54, 1.807) is 24.8 Å². The van der Waals surface area contributed by atoms with Gasteiger partial charge in [0.05, 0.1) is 11.4 Å². The Bertz CT molecular complexity index is 634. The van der Waals surface area contributed by atoms with Gasteiger partial charge in [0.25, 0.3) is 0 Å². The molecule has 0 unspecified atom stereocenters. The molecule has 0 saturated carbocycles. The molecule has 0 N–H and O–H groups in total. The molecule has 0 radical (unpaired) electrons. The van der Waals surface area contributed by atoms with Crippen LogP contribution in [0.4, 0.5) is 0 Å². The van der Waals surface area contributed by atoms with Gasteiger partial charge < -0.3 is 8.85 Å². The van der Waals surface area contributed by atoms with Crippen LogP contribution in [0.3, 0.4) is 0 Å². The lowest BCUT2D eigenvalue weighted by Gasteiger charge is -2.22. The number of hydrogen-bond acceptors (Lipinski definition) is 6. The van der Waals surface area contributed by atoms with E-state index < -0.39 is 8.56 Å². The molecule has 0 atom stereocenters. The van der Waals surface area contributed by atoms with Gasteiger partial charge in [0.15, 0.2) is 0 Å². The zero-order chi connectivity index (χ0) is 19.2. The van der Waals surface area contributed by atoms with Gasteiger partial charge in [-0.3, -0.25) is 20.0 Å². The lowest BCUT2D eigenvalue weighted by molar-refractivity contribution is 0.177. The summed E-state index contributed by atoms with van der Waals surface area (Å²) in [5.74, 6) is 0. The maximum absolute atomic E-state index is 5.94. The van der Waals surface area contributed by atoms with Crippen LogP contribution in [-0.4, -0.2) is 57.3 Å². The van der Waals surface area contributed by atoms with Crippen LogP contribution in [0.5, 0.6) is 0 Å². The lowest BCUT2D eigenvalue weighted by atomic mass is 10.4. The highest BCUT2D eigenvalue weighted by molar-refractivity contribution is 6.64. The first-order valence-electron chi connectivity index (χ1n) is 9.25. The molecule has 2 heterocycles. The lowest BCUT2D eigenvalue weighted by Crippen LogP contribution is -2.35. The SMILES string of the molecule is C[Si](C)(OCCCN=Cc1ccccn1)OCCCN=Cc1ccccn1. The second-order valence-corrected chi connectivity index (χ2v) is 9.76. The summed E-state index contributed by atoms with van der Waals surface area (Å²) in [6.45, 7) is 6.92. The first-order valence-corrected chi connectivity index (χ1v) is 12.1. The number of nitrogens with zero attached hydrogens (tertiary/aromatic N) is 4. The second-order valence-electron chi connectivity index (χ2n) is 6.38. The number of aliphatic imine (C=N–C) groups is 2. The average molecular weight is 385 g/mol. The molecule has 2 aromatic rings. The van der Waals surface area contributed by atoms with Gasteiger partial charge in [0.2, 0.25) is 0 Å². The molecule has 0 aromatic carbocycles. The van der Waals surface area contributed by atoms with E-state index in [9.17, 15) is 0 Å². The van der Waals surface area contributed by atoms with Crippen molar-refractivity contribution in [3.05, 3.63) is 60.2 Å². The third kappa shape index (κ3) is 9.88. The quantitative estimate of drug-likeness (QED) is 0.319. The van der Waals surface area contributed by atoms with Gasteiger partial charge in [-0.15, -0.1) is 0 Å². The van der Waals surface area contributed by atoms with Crippen molar-refractivity contribution in [3.63, 3.8) is 0 Å². The van der Waals surface area contributed by atoms with Gasteiger partial charge >= 0.3 is 8.56 Å². The van der Waals surface area contributed by atoms with Crippen molar-refractivity contribution in [2.45, 2.75) is 25.9 Å². The minimum absolute atomic E-state index is 0.663. The Morgan fingerprint density at radius 3 is 1.70 bits per heavy atom. The van der Waals surface area contributed by atoms with E-state index in [1.807, 2.05) is 36.4 Å². The third-order valence-corrected chi connectivity index (χ3v) is 5.38. The fourth-order valence-electron chi connectivity index (χ4n) is 2.21. The van der Waals surface area contributed by atoms with E-state index in [1.165, 1.54) is 0 Å². The van der Waals surface area contributed by atoms with E-state index in [-0.39, 0.29) is 0 Å². The first kappa shape index (κ1) is 21.1. The normalized spacial score (nSPS) is 12.2. The highest BCUT2D eigenvalue weighted by atomic mass is 28.4. The number of rotatable bonds is 12. The van der Waals surface area contributed by atoms with Crippen LogP contribution in [0, 0.1) is 0 Å². The van der Waals surface area contributed by atoms with Crippen LogP contribution in [0.1, 0.15) is 24.2 Å². The molecule has 144 valence electrons. The topological polar surface area (TPSA) is 69.0 Å². The number of aromatic nitrogens is 2. The van der Waals surface area contributed by atoms with Crippen LogP contribution in [-0.2, 0) is 8.85 Å². The molecule has 0 amide bonds. The van der Waals surface area contributed by atoms with E-state index in [4.69, 9.17) is 8.85 Å². The van der Waals surface area contributed by atoms with Gasteiger partial charge in [0, 0.05) is 51.1 Å². The summed E-state index contributed by atoms with van der Waals surface area (Å²) < 4.78 is 11.9. The number of pyridine rings is 2. The van der Waals surface area contributed by atoms with Gasteiger partial charge in [-0.05, 0) is 50.2 Å². The Hall–Kier alpha value is -2.22. The van der Waals surface area contributed by atoms with Crippen molar-refractivity contribution in [3.8, 4) is 0 Å². The minimum atomic E-state index is -2.08. The molecule has 0 aliphatic carbocycles. The van der Waals surface area contributed by atoms with Crippen LogP contribution in [0.15, 0.2) is 58.8 Å². The predicted molar refractivity (Wildman–Crippen MR) is 112 cm³/mol. The average Bonchev–Trinajstić information content (AvgIpc) is 2.69. The molecule has 0 aliphatic rings. The molecule has 0 saturated heterocycles. The van der Waals surface area contributed by atoms with Gasteiger partial charge in [-0.1, -0.05) is 12.1 Å². The third-order valence-electron chi connectivity index (χ3n) is 3.59. The largest absolute Gasteiger partial charge is 0.394 e. The molecular formula is C20H28N4O2Si. The molecule has 7 heteroatoms. The number of hydrogen-bond donors (Lipinski definition) is 0. The molecule has 0 spiro atoms. The molecule has 2 rings (SSSR count). The van der Waals surface area contributed by atoms with Crippen molar-refractivity contribution in [1.82, 2.24) is 9.97 Å². The van der Waals surface area contributed by atoms with Gasteiger partial charge in [-0.25, -0.2) is 0 Å². The monoisotopic (exact) mass is 384 g/mol. The fraction of sp³-hybridized carbons (Fsp3) is 0.400. The van der Waals surface area contributed by atoms with Crippen molar-refractivity contribution < 1.29 is 8.85 Å². The Morgan fingerprint density at radius 2 is 1.30 bits per heavy atom. The van der Waals surface area contributed by atoms with Crippen molar-refractivity contribution in [2.75, 3.05) is 26.3 Å². The molecule has 6 nitrogen and oxygen atoms in total. The van der Waals surface area contributed by atoms with Crippen molar-refractivity contribution >= 4 is 21.0 Å². The molecule has 0 fully saturated rings. The predicted octanol–water partition coefficient (Wildman–Crippen LogP) is 3.53. The molecular weight excluding hydrogens is 356 g/mol. The summed E-state index contributed by atoms with van der Waals surface area (Å²) >= 11 is 0. The smallest absolute Gasteiger partial charge is 0.331 e. The summed E-state index contributed by atoms with van der Waals surface area (Å²) in [5.41, 5.74) is 1.75. The molecule has 0 aliphatic heterocycles. The van der Waals surface area contributed by atoms with E-state index in [2.05, 4.69) is 33.0 Å². The van der Waals surface area contributed by atoms with Crippen LogP contribution < -0.4 is 0 Å². The summed E-state index contributed by atoms with van der Waals surface area (Å²) in [7, 11) is -2.08. The summed E-state index contributed by atoms with van der Waals surface area (Å²) in [6.07, 6.45) is 8.86. The molecule has 2 aromatic heterocycles. The zero-order valence-corrected chi connectivity index (χ0v) is 17.1. The standard InChI is InChI=1S/C20H28N4O2Si/c1-27(2,25-15-7-11-21-17-19-9-3-5-13-23-19)26-16-8-12-22-18-20-10-4-6-14-24-20/h3-6,9-10,13-14,17-18H,7-8,11-12,15-16H2,1-2H3. The highest BCUT2D eigenvalue weighted by Gasteiger charge is 2.23. The van der Waals surface area contributed by atoms with Crippen molar-refractivity contribution in [2.24, 2.45) is 9.98 Å². The Labute approximate surface area is 162 Å². The maximum Gasteiger partial charge on any atom is 0.331 e. The van der Waals surface area contributed by atoms with Crippen molar-refractivity contribution in [1.29, 1.82) is 0 Å². The highest BCUT2D eigenvalue weighted by Crippen LogP contribution is 2.07. The summed E-state index contributed by atoms with van der Waals surface area (Å²) in [6, 6.07) is 11.6. The van der Waals surface area contributed by atoms with Gasteiger partial charge in [-0.2, -0.15) is 0 Å². The summed E-state index contributed by atoms with van der Waals surface area (Å²) in [5, 5.41) is 0. The fourth-order valence-corrected chi connectivity index (χ4v) is 3.57. The summed E-state index contributed by atoms with van der Waals surface area (Å²) in [4.78, 5) is 17.1. The Kier molecular flexibility index (Phi) is 9.54. The van der Waals surface area contributed by atoms with Crippen LogP contribution in [0.2, 0.25) is 13.1 Å². The first-order chi connectivity index (χ1) is 13.2. The van der Waals surface area contributed by atoms with E-state index >= 15 is 0 Å². The Morgan fingerprint density at radius 1 is 0.815 bits per heavy atom. The second kappa shape index (κ2) is 12.2. The maximum atomic E-state index is 5.94. The minimum Gasteiger partial charge on any atom is -0.394 e. The van der Waals surface area contributed by atoms with Crippen LogP contribution >= 0.6 is 0 Å². The van der Waals surface area contributed by atoms with E-state index in [0.29, 0.717) is 13.2 Å². The Balaban J connectivity index is 1.51. The van der Waals surface area contributed by atoms with Gasteiger partial charge in [0.1, 0.15) is 0 Å². The van der Waals surface area contributed by atoms with E-state index in [0.717, 1.165) is 37.3 Å². The zero-order valence-electron chi connectivity index (χ0n) is 16.1. The van der Waals surface area contributed by atoms with Crippen LogP contribution in [0.25, 0.3) is 0 Å². The molecule has 27 heavy (non-hydrogen) atoms.